The Balaban J connectivity index is 1.42. The minimum absolute atomic E-state index is 0.719. The number of nitrogens with zero attached hydrogens (tertiary/aromatic N) is 2. The summed E-state index contributed by atoms with van der Waals surface area (Å²) in [5, 5.41) is 9.04. The molecule has 1 aliphatic rings. The molecule has 1 saturated heterocycles. The SMILES string of the molecule is CC1CCCCN1CCCNC(=NCc1cccs1)NCCc1ccco1. The van der Waals surface area contributed by atoms with E-state index >= 15 is 0 Å². The molecule has 1 fully saturated rings. The Morgan fingerprint density at radius 2 is 2.19 bits per heavy atom. The highest BCUT2D eigenvalue weighted by atomic mass is 32.1. The van der Waals surface area contributed by atoms with Crippen LogP contribution in [0, 0.1) is 0 Å². The molecule has 0 aromatic carbocycles. The third kappa shape index (κ3) is 7.03. The number of rotatable bonds is 9. The maximum Gasteiger partial charge on any atom is 0.191 e. The Morgan fingerprint density at radius 1 is 1.26 bits per heavy atom. The molecule has 3 rings (SSSR count). The Labute approximate surface area is 166 Å². The van der Waals surface area contributed by atoms with E-state index in [1.165, 1.54) is 37.2 Å². The molecule has 148 valence electrons. The lowest BCUT2D eigenvalue weighted by molar-refractivity contribution is 0.159. The number of furan rings is 1. The van der Waals surface area contributed by atoms with Crippen LogP contribution in [0.4, 0.5) is 0 Å². The average molecular weight is 389 g/mol. The zero-order chi connectivity index (χ0) is 18.7. The molecule has 0 aliphatic carbocycles. The van der Waals surface area contributed by atoms with Gasteiger partial charge >= 0.3 is 0 Å². The van der Waals surface area contributed by atoms with Crippen molar-refractivity contribution in [1.29, 1.82) is 0 Å². The van der Waals surface area contributed by atoms with Crippen molar-refractivity contribution in [2.75, 3.05) is 26.2 Å². The van der Waals surface area contributed by atoms with Gasteiger partial charge in [-0.15, -0.1) is 11.3 Å². The molecule has 0 spiro atoms. The van der Waals surface area contributed by atoms with E-state index in [2.05, 4.69) is 40.0 Å². The number of nitrogens with one attached hydrogen (secondary N) is 2. The average Bonchev–Trinajstić information content (AvgIpc) is 3.38. The lowest BCUT2D eigenvalue weighted by Gasteiger charge is -2.33. The molecule has 6 heteroatoms. The van der Waals surface area contributed by atoms with E-state index in [0.717, 1.165) is 50.2 Å². The molecular formula is C21H32N4OS. The molecule has 2 aromatic heterocycles. The van der Waals surface area contributed by atoms with Crippen LogP contribution in [0.1, 0.15) is 43.2 Å². The number of thiophene rings is 1. The minimum Gasteiger partial charge on any atom is -0.469 e. The van der Waals surface area contributed by atoms with Crippen LogP contribution < -0.4 is 10.6 Å². The van der Waals surface area contributed by atoms with Gasteiger partial charge in [-0.25, -0.2) is 4.99 Å². The Morgan fingerprint density at radius 3 is 2.96 bits per heavy atom. The third-order valence-corrected chi connectivity index (χ3v) is 5.93. The lowest BCUT2D eigenvalue weighted by atomic mass is 10.0. The van der Waals surface area contributed by atoms with Gasteiger partial charge in [0.15, 0.2) is 5.96 Å². The smallest absolute Gasteiger partial charge is 0.191 e. The van der Waals surface area contributed by atoms with E-state index in [1.807, 2.05) is 12.1 Å². The monoisotopic (exact) mass is 388 g/mol. The van der Waals surface area contributed by atoms with Crippen LogP contribution in [0.25, 0.3) is 0 Å². The predicted octanol–water partition coefficient (Wildman–Crippen LogP) is 3.88. The highest BCUT2D eigenvalue weighted by Gasteiger charge is 2.17. The second kappa shape index (κ2) is 11.1. The number of aliphatic imine (C=N–C) groups is 1. The largest absolute Gasteiger partial charge is 0.469 e. The maximum atomic E-state index is 5.41. The Hall–Kier alpha value is -1.79. The summed E-state index contributed by atoms with van der Waals surface area (Å²) >= 11 is 1.75. The van der Waals surface area contributed by atoms with Crippen LogP contribution in [-0.2, 0) is 13.0 Å². The molecule has 0 bridgehead atoms. The van der Waals surface area contributed by atoms with Gasteiger partial charge in [-0.05, 0) is 56.3 Å². The topological polar surface area (TPSA) is 52.8 Å². The van der Waals surface area contributed by atoms with Crippen LogP contribution in [0.3, 0.4) is 0 Å². The molecule has 27 heavy (non-hydrogen) atoms. The molecule has 1 unspecified atom stereocenters. The first-order valence-electron chi connectivity index (χ1n) is 10.1. The molecule has 0 radical (unpaired) electrons. The molecule has 2 N–H and O–H groups in total. The van der Waals surface area contributed by atoms with Gasteiger partial charge in [-0.2, -0.15) is 0 Å². The van der Waals surface area contributed by atoms with E-state index in [4.69, 9.17) is 9.41 Å². The van der Waals surface area contributed by atoms with Crippen molar-refractivity contribution in [3.05, 3.63) is 46.5 Å². The van der Waals surface area contributed by atoms with Crippen molar-refractivity contribution in [3.8, 4) is 0 Å². The van der Waals surface area contributed by atoms with Gasteiger partial charge in [-0.1, -0.05) is 12.5 Å². The van der Waals surface area contributed by atoms with Gasteiger partial charge in [-0.3, -0.25) is 0 Å². The van der Waals surface area contributed by atoms with Crippen LogP contribution in [0.15, 0.2) is 45.3 Å². The molecule has 3 heterocycles. The zero-order valence-corrected chi connectivity index (χ0v) is 17.1. The van der Waals surface area contributed by atoms with Crippen molar-refractivity contribution in [2.24, 2.45) is 4.99 Å². The standard InChI is InChI=1S/C21H32N4OS/c1-18-7-2-3-13-25(18)14-6-11-22-21(24-17-20-9-5-16-27-20)23-12-10-19-8-4-15-26-19/h4-5,8-9,15-16,18H,2-3,6-7,10-14,17H2,1H3,(H2,22,23,24). The fourth-order valence-corrected chi connectivity index (χ4v) is 4.10. The molecule has 2 aromatic rings. The van der Waals surface area contributed by atoms with Crippen LogP contribution >= 0.6 is 11.3 Å². The predicted molar refractivity (Wildman–Crippen MR) is 113 cm³/mol. The molecule has 1 aliphatic heterocycles. The van der Waals surface area contributed by atoms with Crippen molar-refractivity contribution in [1.82, 2.24) is 15.5 Å². The van der Waals surface area contributed by atoms with Gasteiger partial charge in [0.2, 0.25) is 0 Å². The van der Waals surface area contributed by atoms with E-state index in [0.29, 0.717) is 0 Å². The lowest BCUT2D eigenvalue weighted by Crippen LogP contribution is -2.41. The number of likely N-dealkylation sites (tertiary alicyclic amines) is 1. The normalized spacial score (nSPS) is 18.6. The summed E-state index contributed by atoms with van der Waals surface area (Å²) in [6.45, 7) is 7.25. The van der Waals surface area contributed by atoms with Crippen LogP contribution in [0.5, 0.6) is 0 Å². The highest BCUT2D eigenvalue weighted by molar-refractivity contribution is 7.09. The van der Waals surface area contributed by atoms with Crippen molar-refractivity contribution < 1.29 is 4.42 Å². The third-order valence-electron chi connectivity index (χ3n) is 5.07. The van der Waals surface area contributed by atoms with Crippen molar-refractivity contribution >= 4 is 17.3 Å². The molecule has 0 amide bonds. The van der Waals surface area contributed by atoms with Gasteiger partial charge < -0.3 is 20.0 Å². The summed E-state index contributed by atoms with van der Waals surface area (Å²) < 4.78 is 5.41. The van der Waals surface area contributed by atoms with Gasteiger partial charge in [0.1, 0.15) is 5.76 Å². The summed E-state index contributed by atoms with van der Waals surface area (Å²) in [6, 6.07) is 8.88. The van der Waals surface area contributed by atoms with Crippen molar-refractivity contribution in [2.45, 2.75) is 51.6 Å². The minimum atomic E-state index is 0.719. The number of hydrogen-bond donors (Lipinski definition) is 2. The first-order valence-corrected chi connectivity index (χ1v) is 11.0. The summed E-state index contributed by atoms with van der Waals surface area (Å²) in [4.78, 5) is 8.65. The first-order chi connectivity index (χ1) is 13.3. The van der Waals surface area contributed by atoms with E-state index in [9.17, 15) is 0 Å². The fraction of sp³-hybridized carbons (Fsp3) is 0.571. The van der Waals surface area contributed by atoms with Gasteiger partial charge in [0.25, 0.3) is 0 Å². The number of guanidine groups is 1. The summed E-state index contributed by atoms with van der Waals surface area (Å²) in [5.41, 5.74) is 0. The summed E-state index contributed by atoms with van der Waals surface area (Å²) in [7, 11) is 0. The van der Waals surface area contributed by atoms with E-state index in [1.54, 1.807) is 17.6 Å². The quantitative estimate of drug-likeness (QED) is 0.389. The summed E-state index contributed by atoms with van der Waals surface area (Å²) in [6.07, 6.45) is 7.80. The molecule has 1 atom stereocenters. The fourth-order valence-electron chi connectivity index (χ4n) is 3.47. The molecular weight excluding hydrogens is 356 g/mol. The second-order valence-corrected chi connectivity index (χ2v) is 8.19. The first kappa shape index (κ1) is 20.0. The second-order valence-electron chi connectivity index (χ2n) is 7.16. The van der Waals surface area contributed by atoms with Crippen LogP contribution in [0.2, 0.25) is 0 Å². The highest BCUT2D eigenvalue weighted by Crippen LogP contribution is 2.16. The van der Waals surface area contributed by atoms with Crippen LogP contribution in [-0.4, -0.2) is 43.1 Å². The van der Waals surface area contributed by atoms with E-state index in [-0.39, 0.29) is 0 Å². The van der Waals surface area contributed by atoms with Gasteiger partial charge in [0.05, 0.1) is 12.8 Å². The number of piperidine rings is 1. The zero-order valence-electron chi connectivity index (χ0n) is 16.3. The molecule has 5 nitrogen and oxygen atoms in total. The number of hydrogen-bond acceptors (Lipinski definition) is 4. The van der Waals surface area contributed by atoms with E-state index < -0.39 is 0 Å². The Kier molecular flexibility index (Phi) is 8.24. The summed E-state index contributed by atoms with van der Waals surface area (Å²) in [5.74, 6) is 1.89. The Bertz CT molecular complexity index is 654. The maximum absolute atomic E-state index is 5.41. The van der Waals surface area contributed by atoms with Gasteiger partial charge in [0, 0.05) is 37.0 Å². The molecule has 0 saturated carbocycles. The van der Waals surface area contributed by atoms with Crippen molar-refractivity contribution in [3.63, 3.8) is 0 Å².